The largest absolute Gasteiger partial charge is 0.392 e. The van der Waals surface area contributed by atoms with Crippen LogP contribution in [0.3, 0.4) is 0 Å². The van der Waals surface area contributed by atoms with E-state index in [0.29, 0.717) is 16.5 Å². The van der Waals surface area contributed by atoms with Crippen molar-refractivity contribution in [2.45, 2.75) is 18.2 Å². The highest BCUT2D eigenvalue weighted by atomic mass is 32.2. The van der Waals surface area contributed by atoms with Gasteiger partial charge in [-0.05, 0) is 22.8 Å². The van der Waals surface area contributed by atoms with Gasteiger partial charge in [0.15, 0.2) is 5.03 Å². The lowest BCUT2D eigenvalue weighted by molar-refractivity contribution is 0.280. The van der Waals surface area contributed by atoms with Gasteiger partial charge in [-0.15, -0.1) is 0 Å². The second-order valence-corrected chi connectivity index (χ2v) is 8.23. The zero-order valence-corrected chi connectivity index (χ0v) is 15.9. The lowest BCUT2D eigenvalue weighted by Crippen LogP contribution is -2.24. The second-order valence-electron chi connectivity index (χ2n) is 6.52. The molecule has 0 unspecified atom stereocenters. The Morgan fingerprint density at radius 1 is 0.821 bits per heavy atom. The van der Waals surface area contributed by atoms with Gasteiger partial charge in [0.2, 0.25) is 0 Å². The number of aromatic nitrogens is 1. The van der Waals surface area contributed by atoms with Crippen molar-refractivity contribution in [1.82, 2.24) is 9.71 Å². The van der Waals surface area contributed by atoms with E-state index in [1.807, 2.05) is 66.7 Å². The van der Waals surface area contributed by atoms with E-state index in [9.17, 15) is 13.5 Å². The lowest BCUT2D eigenvalue weighted by Gasteiger charge is -2.08. The highest BCUT2D eigenvalue weighted by molar-refractivity contribution is 7.89. The number of benzene rings is 3. The number of fused-ring (bicyclic) bond motifs is 1. The third-order valence-electron chi connectivity index (χ3n) is 4.73. The van der Waals surface area contributed by atoms with Crippen LogP contribution in [0.5, 0.6) is 0 Å². The molecule has 0 aliphatic heterocycles. The van der Waals surface area contributed by atoms with Crippen LogP contribution in [0.1, 0.15) is 11.1 Å². The molecule has 0 radical (unpaired) electrons. The third-order valence-corrected chi connectivity index (χ3v) is 6.14. The quantitative estimate of drug-likeness (QED) is 0.467. The van der Waals surface area contributed by atoms with Gasteiger partial charge < -0.3 is 10.1 Å². The Bertz CT molecular complexity index is 1200. The monoisotopic (exact) mass is 392 g/mol. The molecule has 1 aromatic heterocycles. The van der Waals surface area contributed by atoms with E-state index in [-0.39, 0.29) is 18.2 Å². The number of aliphatic hydroxyl groups is 1. The fourth-order valence-electron chi connectivity index (χ4n) is 3.26. The van der Waals surface area contributed by atoms with Gasteiger partial charge in [-0.1, -0.05) is 72.8 Å². The van der Waals surface area contributed by atoms with E-state index >= 15 is 0 Å². The zero-order chi connectivity index (χ0) is 19.6. The minimum Gasteiger partial charge on any atom is -0.392 e. The minimum atomic E-state index is -3.79. The Labute approximate surface area is 163 Å². The average Bonchev–Trinajstić information content (AvgIpc) is 3.13. The second kappa shape index (κ2) is 7.59. The van der Waals surface area contributed by atoms with E-state index in [0.717, 1.165) is 16.7 Å². The molecule has 0 bridgehead atoms. The van der Waals surface area contributed by atoms with Gasteiger partial charge in [-0.3, -0.25) is 0 Å². The summed E-state index contributed by atoms with van der Waals surface area (Å²) < 4.78 is 28.2. The Balaban J connectivity index is 1.55. The van der Waals surface area contributed by atoms with Crippen molar-refractivity contribution in [2.24, 2.45) is 0 Å². The van der Waals surface area contributed by atoms with Crippen molar-refractivity contribution in [2.75, 3.05) is 0 Å². The Morgan fingerprint density at radius 3 is 2.18 bits per heavy atom. The van der Waals surface area contributed by atoms with Gasteiger partial charge in [-0.25, -0.2) is 13.1 Å². The molecule has 3 aromatic carbocycles. The summed E-state index contributed by atoms with van der Waals surface area (Å²) >= 11 is 0. The molecule has 0 amide bonds. The zero-order valence-electron chi connectivity index (χ0n) is 15.1. The molecular formula is C22H20N2O3S. The molecule has 4 rings (SSSR count). The van der Waals surface area contributed by atoms with Crippen LogP contribution in [0, 0.1) is 0 Å². The van der Waals surface area contributed by atoms with Gasteiger partial charge in [0.25, 0.3) is 10.0 Å². The topological polar surface area (TPSA) is 82.2 Å². The van der Waals surface area contributed by atoms with E-state index in [4.69, 9.17) is 0 Å². The fraction of sp³-hybridized carbons (Fsp3) is 0.0909. The van der Waals surface area contributed by atoms with Gasteiger partial charge in [0, 0.05) is 23.0 Å². The maximum Gasteiger partial charge on any atom is 0.256 e. The van der Waals surface area contributed by atoms with Crippen molar-refractivity contribution in [3.8, 4) is 11.1 Å². The molecule has 142 valence electrons. The average molecular weight is 392 g/mol. The van der Waals surface area contributed by atoms with E-state index in [1.54, 1.807) is 12.1 Å². The number of hydrogen-bond acceptors (Lipinski definition) is 3. The highest BCUT2D eigenvalue weighted by Gasteiger charge is 2.22. The van der Waals surface area contributed by atoms with Gasteiger partial charge in [0.1, 0.15) is 0 Å². The summed E-state index contributed by atoms with van der Waals surface area (Å²) in [5.41, 5.74) is 4.09. The fourth-order valence-corrected chi connectivity index (χ4v) is 4.50. The molecule has 5 nitrogen and oxygen atoms in total. The van der Waals surface area contributed by atoms with Crippen molar-refractivity contribution in [3.63, 3.8) is 0 Å². The molecule has 0 atom stereocenters. The maximum absolute atomic E-state index is 12.8. The van der Waals surface area contributed by atoms with Gasteiger partial charge in [0.05, 0.1) is 6.61 Å². The van der Waals surface area contributed by atoms with E-state index in [1.165, 1.54) is 0 Å². The molecule has 0 spiro atoms. The van der Waals surface area contributed by atoms with Crippen LogP contribution >= 0.6 is 0 Å². The Morgan fingerprint density at radius 2 is 1.46 bits per heavy atom. The van der Waals surface area contributed by atoms with Crippen molar-refractivity contribution >= 4 is 20.9 Å². The number of aliphatic hydroxyl groups excluding tert-OH is 1. The number of hydrogen-bond donors (Lipinski definition) is 3. The summed E-state index contributed by atoms with van der Waals surface area (Å²) in [7, 11) is -3.79. The number of para-hydroxylation sites is 1. The van der Waals surface area contributed by atoms with E-state index < -0.39 is 10.0 Å². The molecule has 0 aliphatic carbocycles. The molecule has 28 heavy (non-hydrogen) atoms. The Hall–Kier alpha value is -2.93. The molecule has 4 aromatic rings. The molecule has 0 aliphatic rings. The maximum atomic E-state index is 12.8. The summed E-state index contributed by atoms with van der Waals surface area (Å²) in [6.45, 7) is -0.191. The normalized spacial score (nSPS) is 11.8. The molecule has 3 N–H and O–H groups in total. The molecule has 0 saturated carbocycles. The van der Waals surface area contributed by atoms with Crippen LogP contribution in [0.25, 0.3) is 22.0 Å². The van der Waals surface area contributed by atoms with Crippen LogP contribution < -0.4 is 4.72 Å². The van der Waals surface area contributed by atoms with Crippen LogP contribution in [0.4, 0.5) is 0 Å². The predicted octanol–water partition coefficient (Wildman–Crippen LogP) is 3.81. The van der Waals surface area contributed by atoms with Crippen LogP contribution in [-0.4, -0.2) is 18.5 Å². The smallest absolute Gasteiger partial charge is 0.256 e. The highest BCUT2D eigenvalue weighted by Crippen LogP contribution is 2.26. The summed E-state index contributed by atoms with van der Waals surface area (Å²) in [6.07, 6.45) is 0. The van der Waals surface area contributed by atoms with Crippen LogP contribution in [-0.2, 0) is 23.2 Å². The summed E-state index contributed by atoms with van der Waals surface area (Å²) in [4.78, 5) is 2.91. The molecule has 0 saturated heterocycles. The molecule has 0 fully saturated rings. The number of rotatable bonds is 6. The molecular weight excluding hydrogens is 372 g/mol. The first kappa shape index (κ1) is 18.4. The predicted molar refractivity (Wildman–Crippen MR) is 110 cm³/mol. The SMILES string of the molecule is O=S(=O)(NCc1ccc(-c2ccccc2)cc1)c1[nH]c2ccccc2c1CO. The van der Waals surface area contributed by atoms with Gasteiger partial charge >= 0.3 is 0 Å². The van der Waals surface area contributed by atoms with Crippen molar-refractivity contribution in [3.05, 3.63) is 90.0 Å². The number of nitrogens with one attached hydrogen (secondary N) is 2. The van der Waals surface area contributed by atoms with Crippen molar-refractivity contribution < 1.29 is 13.5 Å². The number of sulfonamides is 1. The first-order valence-electron chi connectivity index (χ1n) is 8.93. The summed E-state index contributed by atoms with van der Waals surface area (Å²) in [5, 5.41) is 10.4. The van der Waals surface area contributed by atoms with Crippen molar-refractivity contribution in [1.29, 1.82) is 0 Å². The third kappa shape index (κ3) is 3.57. The Kier molecular flexibility index (Phi) is 5.00. The molecule has 6 heteroatoms. The number of H-pyrrole nitrogens is 1. The standard InChI is InChI=1S/C22H20N2O3S/c25-15-20-19-8-4-5-9-21(19)24-22(20)28(26,27)23-14-16-10-12-18(13-11-16)17-6-2-1-3-7-17/h1-13,23-25H,14-15H2. The summed E-state index contributed by atoms with van der Waals surface area (Å²) in [6, 6.07) is 25.0. The first-order valence-corrected chi connectivity index (χ1v) is 10.4. The first-order chi connectivity index (χ1) is 13.6. The van der Waals surface area contributed by atoms with Gasteiger partial charge in [-0.2, -0.15) is 0 Å². The minimum absolute atomic E-state index is 0.0112. The number of aromatic amines is 1. The summed E-state index contributed by atoms with van der Waals surface area (Å²) in [5.74, 6) is 0. The van der Waals surface area contributed by atoms with Crippen LogP contribution in [0.15, 0.2) is 83.9 Å². The lowest BCUT2D eigenvalue weighted by atomic mass is 10.0. The molecule has 1 heterocycles. The van der Waals surface area contributed by atoms with Crippen LogP contribution in [0.2, 0.25) is 0 Å². The van der Waals surface area contributed by atoms with E-state index in [2.05, 4.69) is 9.71 Å².